The third kappa shape index (κ3) is 5.06. The van der Waals surface area contributed by atoms with Crippen molar-refractivity contribution in [1.29, 1.82) is 0 Å². The summed E-state index contributed by atoms with van der Waals surface area (Å²) in [5.41, 5.74) is -6.02. The first-order valence-electron chi connectivity index (χ1n) is 11.7. The van der Waals surface area contributed by atoms with Crippen LogP contribution in [0, 0.1) is 5.82 Å². The molecule has 0 fully saturated rings. The molecule has 0 radical (unpaired) electrons. The molecule has 0 spiro atoms. The number of imide groups is 1. The van der Waals surface area contributed by atoms with Gasteiger partial charge in [-0.15, -0.1) is 0 Å². The van der Waals surface area contributed by atoms with Gasteiger partial charge in [-0.1, -0.05) is 48.5 Å². The zero-order chi connectivity index (χ0) is 28.8. The van der Waals surface area contributed by atoms with E-state index in [2.05, 4.69) is 0 Å². The molecule has 0 saturated heterocycles. The largest absolute Gasteiger partial charge is 0.443 e. The van der Waals surface area contributed by atoms with E-state index in [1.165, 1.54) is 57.2 Å². The fraction of sp³-hybridized carbons (Fsp3) is 0.259. The molecule has 12 heteroatoms. The van der Waals surface area contributed by atoms with Gasteiger partial charge in [0, 0.05) is 12.0 Å². The highest BCUT2D eigenvalue weighted by Gasteiger charge is 2.60. The van der Waals surface area contributed by atoms with E-state index >= 15 is 4.39 Å². The van der Waals surface area contributed by atoms with Crippen LogP contribution in [-0.4, -0.2) is 39.0 Å². The van der Waals surface area contributed by atoms with E-state index < -0.39 is 80.8 Å². The summed E-state index contributed by atoms with van der Waals surface area (Å²) in [5, 5.41) is 0. The Balaban J connectivity index is 1.92. The van der Waals surface area contributed by atoms with Crippen molar-refractivity contribution >= 4 is 37.4 Å². The van der Waals surface area contributed by atoms with Crippen molar-refractivity contribution in [2.45, 2.75) is 52.8 Å². The van der Waals surface area contributed by atoms with E-state index in [4.69, 9.17) is 4.74 Å². The lowest BCUT2D eigenvalue weighted by Crippen LogP contribution is -2.46. The van der Waals surface area contributed by atoms with Crippen LogP contribution in [0.2, 0.25) is 0 Å². The molecular formula is C27H25F2NO7S2. The van der Waals surface area contributed by atoms with Crippen molar-refractivity contribution in [2.24, 2.45) is 0 Å². The second-order valence-electron chi connectivity index (χ2n) is 9.91. The number of nitrogens with zero attached hydrogens (tertiary/aromatic N) is 1. The van der Waals surface area contributed by atoms with Crippen LogP contribution in [0.1, 0.15) is 32.8 Å². The molecule has 2 amide bonds. The second kappa shape index (κ2) is 9.83. The minimum atomic E-state index is -4.84. The normalized spacial score (nSPS) is 17.8. The lowest BCUT2D eigenvalue weighted by Gasteiger charge is -2.27. The number of hydrogen-bond donors (Lipinski definition) is 0. The van der Waals surface area contributed by atoms with Crippen molar-refractivity contribution in [1.82, 2.24) is 0 Å². The quantitative estimate of drug-likeness (QED) is 0.408. The molecule has 0 saturated carbocycles. The molecular weight excluding hydrogens is 552 g/mol. The molecule has 4 rings (SSSR count). The molecule has 8 nitrogen and oxygen atoms in total. The van der Waals surface area contributed by atoms with E-state index in [1.807, 2.05) is 0 Å². The Morgan fingerprint density at radius 3 is 1.82 bits per heavy atom. The van der Waals surface area contributed by atoms with Crippen LogP contribution in [0.4, 0.5) is 19.3 Å². The third-order valence-corrected chi connectivity index (χ3v) is 11.1. The Morgan fingerprint density at radius 2 is 1.36 bits per heavy atom. The van der Waals surface area contributed by atoms with Gasteiger partial charge in [-0.25, -0.2) is 35.3 Å². The van der Waals surface area contributed by atoms with Crippen LogP contribution in [0.25, 0.3) is 0 Å². The van der Waals surface area contributed by atoms with Crippen LogP contribution in [0.5, 0.6) is 0 Å². The number of carbonyl (C=O) groups is 2. The molecule has 0 aromatic heterocycles. The van der Waals surface area contributed by atoms with Gasteiger partial charge in [-0.2, -0.15) is 0 Å². The first-order valence-corrected chi connectivity index (χ1v) is 14.8. The molecule has 0 unspecified atom stereocenters. The zero-order valence-electron chi connectivity index (χ0n) is 21.2. The topological polar surface area (TPSA) is 115 Å². The van der Waals surface area contributed by atoms with Crippen molar-refractivity contribution in [2.75, 3.05) is 4.90 Å². The maximum atomic E-state index is 17.0. The number of benzene rings is 3. The number of halogens is 2. The molecule has 3 aromatic rings. The molecule has 0 bridgehead atoms. The highest BCUT2D eigenvalue weighted by atomic mass is 32.3. The lowest BCUT2D eigenvalue weighted by atomic mass is 9.94. The van der Waals surface area contributed by atoms with E-state index in [0.29, 0.717) is 0 Å². The predicted octanol–water partition coefficient (Wildman–Crippen LogP) is 4.94. The summed E-state index contributed by atoms with van der Waals surface area (Å²) in [7, 11) is -9.69. The minimum Gasteiger partial charge on any atom is -0.443 e. The Morgan fingerprint density at radius 1 is 0.872 bits per heavy atom. The second-order valence-corrected chi connectivity index (χ2v) is 14.5. The number of alkyl halides is 1. The van der Waals surface area contributed by atoms with Crippen LogP contribution >= 0.6 is 0 Å². The van der Waals surface area contributed by atoms with Crippen molar-refractivity contribution in [3.8, 4) is 0 Å². The van der Waals surface area contributed by atoms with Crippen molar-refractivity contribution < 1.29 is 39.9 Å². The van der Waals surface area contributed by atoms with Gasteiger partial charge < -0.3 is 4.74 Å². The number of hydrogen-bond acceptors (Lipinski definition) is 7. The maximum Gasteiger partial charge on any atom is 0.421 e. The zero-order valence-corrected chi connectivity index (χ0v) is 22.8. The van der Waals surface area contributed by atoms with E-state index in [1.54, 1.807) is 0 Å². The first-order chi connectivity index (χ1) is 18.1. The summed E-state index contributed by atoms with van der Waals surface area (Å²) >= 11 is 0. The molecule has 1 aliphatic rings. The Kier molecular flexibility index (Phi) is 7.15. The summed E-state index contributed by atoms with van der Waals surface area (Å²) < 4.78 is 89.5. The fourth-order valence-electron chi connectivity index (χ4n) is 4.28. The van der Waals surface area contributed by atoms with Crippen LogP contribution in [0.15, 0.2) is 88.7 Å². The molecule has 3 aromatic carbocycles. The first kappa shape index (κ1) is 28.4. The number of sulfone groups is 2. The summed E-state index contributed by atoms with van der Waals surface area (Å²) in [6, 6.07) is 16.0. The predicted molar refractivity (Wildman–Crippen MR) is 139 cm³/mol. The molecule has 206 valence electrons. The Labute approximate surface area is 225 Å². The average Bonchev–Trinajstić information content (AvgIpc) is 3.10. The Bertz CT molecular complexity index is 1570. The molecule has 39 heavy (non-hydrogen) atoms. The summed E-state index contributed by atoms with van der Waals surface area (Å²) in [5.74, 6) is -2.81. The van der Waals surface area contributed by atoms with Gasteiger partial charge in [0.2, 0.25) is 5.67 Å². The average molecular weight is 578 g/mol. The summed E-state index contributed by atoms with van der Waals surface area (Å²) in [6.07, 6.45) is -2.84. The monoisotopic (exact) mass is 577 g/mol. The van der Waals surface area contributed by atoms with Gasteiger partial charge >= 0.3 is 6.09 Å². The lowest BCUT2D eigenvalue weighted by molar-refractivity contribution is -0.129. The summed E-state index contributed by atoms with van der Waals surface area (Å²) in [4.78, 5) is 25.7. The minimum absolute atomic E-state index is 0.150. The molecule has 1 aliphatic heterocycles. The number of rotatable bonds is 6. The van der Waals surface area contributed by atoms with E-state index in [9.17, 15) is 30.8 Å². The number of para-hydroxylation sites is 1. The van der Waals surface area contributed by atoms with Crippen molar-refractivity contribution in [3.63, 3.8) is 0 Å². The number of ether oxygens (including phenoxy) is 1. The van der Waals surface area contributed by atoms with E-state index in [0.717, 1.165) is 42.5 Å². The van der Waals surface area contributed by atoms with Crippen LogP contribution < -0.4 is 4.90 Å². The van der Waals surface area contributed by atoms with Crippen LogP contribution in [-0.2, 0) is 34.9 Å². The fourth-order valence-corrected chi connectivity index (χ4v) is 8.85. The molecule has 0 N–H and O–H groups in total. The van der Waals surface area contributed by atoms with Crippen LogP contribution in [0.3, 0.4) is 0 Å². The van der Waals surface area contributed by atoms with Gasteiger partial charge in [-0.05, 0) is 51.1 Å². The standard InChI is InChI=1S/C27H25F2NO7S2/c1-26(2,3)37-25(32)30-23-20(15-10-16-21(23)28)27(29,24(30)31)17-22(38(33,34)18-11-6-4-7-12-18)39(35,36)19-13-8-5-9-14-19/h4-16,22H,17H2,1-3H3/t27-/m0/s1. The summed E-state index contributed by atoms with van der Waals surface area (Å²) in [6.45, 7) is 4.43. The Hall–Kier alpha value is -3.64. The number of carbonyl (C=O) groups excluding carboxylic acids is 2. The molecule has 0 aliphatic carbocycles. The van der Waals surface area contributed by atoms with Gasteiger partial charge in [0.15, 0.2) is 24.3 Å². The number of amides is 2. The SMILES string of the molecule is CC(C)(C)OC(=O)N1C(=O)[C@](F)(CC(S(=O)(=O)c2ccccc2)S(=O)(=O)c2ccccc2)c2cccc(F)c21. The van der Waals surface area contributed by atoms with Gasteiger partial charge in [0.05, 0.1) is 15.5 Å². The van der Waals surface area contributed by atoms with Gasteiger partial charge in [-0.3, -0.25) is 4.79 Å². The van der Waals surface area contributed by atoms with Gasteiger partial charge in [0.25, 0.3) is 5.91 Å². The molecule has 1 atom stereocenters. The molecule has 1 heterocycles. The highest BCUT2D eigenvalue weighted by Crippen LogP contribution is 2.49. The number of anilines is 1. The van der Waals surface area contributed by atoms with E-state index in [-0.39, 0.29) is 4.90 Å². The maximum absolute atomic E-state index is 17.0. The third-order valence-electron chi connectivity index (χ3n) is 6.04. The highest BCUT2D eigenvalue weighted by molar-refractivity contribution is 8.09. The number of fused-ring (bicyclic) bond motifs is 1. The smallest absolute Gasteiger partial charge is 0.421 e. The van der Waals surface area contributed by atoms with Crippen molar-refractivity contribution in [3.05, 3.63) is 90.2 Å². The van der Waals surface area contributed by atoms with Gasteiger partial charge in [0.1, 0.15) is 11.4 Å².